The fourth-order valence-corrected chi connectivity index (χ4v) is 1.43. The van der Waals surface area contributed by atoms with E-state index in [2.05, 4.69) is 5.32 Å². The Balaban J connectivity index is 2.92. The van der Waals surface area contributed by atoms with Gasteiger partial charge in [0.05, 0.1) is 79.3 Å². The Bertz CT molecular complexity index is 194. The lowest BCUT2D eigenvalue weighted by Gasteiger charge is -2.08. The molecule has 140 valence electrons. The summed E-state index contributed by atoms with van der Waals surface area (Å²) in [7, 11) is 1.89. The molecule has 1 N–H and O–H groups in total. The SMILES string of the molecule is CNCCOCCOCCOCCOCCOCCOCCF. The van der Waals surface area contributed by atoms with E-state index in [9.17, 15) is 4.39 Å². The first kappa shape index (κ1) is 22.6. The summed E-state index contributed by atoms with van der Waals surface area (Å²) in [6.45, 7) is 6.41. The van der Waals surface area contributed by atoms with Gasteiger partial charge in [-0.1, -0.05) is 0 Å². The van der Waals surface area contributed by atoms with E-state index in [0.29, 0.717) is 72.7 Å². The quantitative estimate of drug-likeness (QED) is 0.319. The number of alkyl halides is 1. The minimum absolute atomic E-state index is 0.129. The first-order valence-corrected chi connectivity index (χ1v) is 8.08. The summed E-state index contributed by atoms with van der Waals surface area (Å²) in [5.74, 6) is 0. The second-order valence-electron chi connectivity index (χ2n) is 4.47. The molecule has 0 radical (unpaired) electrons. The van der Waals surface area contributed by atoms with Gasteiger partial charge in [-0.25, -0.2) is 4.39 Å². The maximum Gasteiger partial charge on any atom is 0.113 e. The molecule has 0 aromatic rings. The number of hydrogen-bond acceptors (Lipinski definition) is 7. The molecule has 0 aliphatic rings. The van der Waals surface area contributed by atoms with Crippen molar-refractivity contribution in [3.8, 4) is 0 Å². The molecule has 8 heteroatoms. The molecule has 0 saturated carbocycles. The lowest BCUT2D eigenvalue weighted by molar-refractivity contribution is -0.0169. The Morgan fingerprint density at radius 1 is 0.522 bits per heavy atom. The van der Waals surface area contributed by atoms with Gasteiger partial charge in [-0.15, -0.1) is 0 Å². The van der Waals surface area contributed by atoms with Gasteiger partial charge in [0.15, 0.2) is 0 Å². The van der Waals surface area contributed by atoms with Gasteiger partial charge >= 0.3 is 0 Å². The van der Waals surface area contributed by atoms with Gasteiger partial charge in [-0.05, 0) is 7.05 Å². The molecular formula is C15H32FNO6. The third kappa shape index (κ3) is 21.6. The predicted octanol–water partition coefficient (Wildman–Crippen LogP) is 0.275. The summed E-state index contributed by atoms with van der Waals surface area (Å²) >= 11 is 0. The fraction of sp³-hybridized carbons (Fsp3) is 1.00. The highest BCUT2D eigenvalue weighted by Gasteiger charge is 1.93. The zero-order chi connectivity index (χ0) is 16.8. The topological polar surface area (TPSA) is 67.4 Å². The van der Waals surface area contributed by atoms with Crippen LogP contribution in [0.5, 0.6) is 0 Å². The van der Waals surface area contributed by atoms with Gasteiger partial charge in [-0.3, -0.25) is 0 Å². The van der Waals surface area contributed by atoms with Gasteiger partial charge in [0.25, 0.3) is 0 Å². The smallest absolute Gasteiger partial charge is 0.113 e. The Morgan fingerprint density at radius 2 is 0.826 bits per heavy atom. The van der Waals surface area contributed by atoms with Gasteiger partial charge in [0, 0.05) is 6.54 Å². The zero-order valence-corrected chi connectivity index (χ0v) is 14.2. The van der Waals surface area contributed by atoms with E-state index in [1.165, 1.54) is 0 Å². The third-order valence-corrected chi connectivity index (χ3v) is 2.58. The van der Waals surface area contributed by atoms with Crippen molar-refractivity contribution >= 4 is 0 Å². The van der Waals surface area contributed by atoms with E-state index < -0.39 is 6.67 Å². The molecule has 0 heterocycles. The average Bonchev–Trinajstić information content (AvgIpc) is 2.57. The largest absolute Gasteiger partial charge is 0.378 e. The molecule has 0 rings (SSSR count). The van der Waals surface area contributed by atoms with Crippen LogP contribution in [0.4, 0.5) is 4.39 Å². The zero-order valence-electron chi connectivity index (χ0n) is 14.2. The van der Waals surface area contributed by atoms with Crippen molar-refractivity contribution < 1.29 is 32.8 Å². The van der Waals surface area contributed by atoms with Gasteiger partial charge in [-0.2, -0.15) is 0 Å². The van der Waals surface area contributed by atoms with Crippen LogP contribution in [0.3, 0.4) is 0 Å². The Labute approximate surface area is 138 Å². The number of likely N-dealkylation sites (N-methyl/N-ethyl adjacent to an activating group) is 1. The van der Waals surface area contributed by atoms with Crippen LogP contribution in [0, 0.1) is 0 Å². The highest BCUT2D eigenvalue weighted by molar-refractivity contribution is 4.38. The molecule has 0 fully saturated rings. The highest BCUT2D eigenvalue weighted by Crippen LogP contribution is 1.84. The Hall–Kier alpha value is -0.350. The monoisotopic (exact) mass is 341 g/mol. The second kappa shape index (κ2) is 21.6. The number of halogens is 1. The second-order valence-corrected chi connectivity index (χ2v) is 4.47. The maximum absolute atomic E-state index is 11.7. The highest BCUT2D eigenvalue weighted by atomic mass is 19.1. The molecule has 0 aliphatic heterocycles. The number of hydrogen-bond donors (Lipinski definition) is 1. The van der Waals surface area contributed by atoms with Crippen LogP contribution in [0.2, 0.25) is 0 Å². The summed E-state index contributed by atoms with van der Waals surface area (Å²) in [5, 5.41) is 3.00. The molecule has 0 unspecified atom stereocenters. The van der Waals surface area contributed by atoms with Crippen LogP contribution in [0.25, 0.3) is 0 Å². The van der Waals surface area contributed by atoms with Crippen LogP contribution < -0.4 is 5.32 Å². The van der Waals surface area contributed by atoms with Crippen molar-refractivity contribution in [3.63, 3.8) is 0 Å². The molecule has 0 atom stereocenters. The summed E-state index contributed by atoms with van der Waals surface area (Å²) in [6.07, 6.45) is 0. The summed E-state index contributed by atoms with van der Waals surface area (Å²) < 4.78 is 43.2. The van der Waals surface area contributed by atoms with Gasteiger partial charge in [0.2, 0.25) is 0 Å². The lowest BCUT2D eigenvalue weighted by atomic mass is 10.6. The first-order valence-electron chi connectivity index (χ1n) is 8.08. The molecule has 0 bridgehead atoms. The van der Waals surface area contributed by atoms with Crippen LogP contribution >= 0.6 is 0 Å². The van der Waals surface area contributed by atoms with Crippen LogP contribution in [0.15, 0.2) is 0 Å². The predicted molar refractivity (Wildman–Crippen MR) is 84.8 cm³/mol. The molecule has 0 aliphatic carbocycles. The molecule has 0 amide bonds. The van der Waals surface area contributed by atoms with Crippen molar-refractivity contribution in [2.45, 2.75) is 0 Å². The first-order chi connectivity index (χ1) is 11.4. The van der Waals surface area contributed by atoms with E-state index in [4.69, 9.17) is 28.4 Å². The van der Waals surface area contributed by atoms with Crippen molar-refractivity contribution in [1.82, 2.24) is 5.32 Å². The standard InChI is InChI=1S/C15H32FNO6/c1-17-3-5-19-7-9-21-11-13-23-15-14-22-12-10-20-8-6-18-4-2-16/h17H,2-15H2,1H3. The van der Waals surface area contributed by atoms with Crippen LogP contribution in [0.1, 0.15) is 0 Å². The van der Waals surface area contributed by atoms with Crippen molar-refractivity contribution in [1.29, 1.82) is 0 Å². The normalized spacial score (nSPS) is 11.2. The number of nitrogens with one attached hydrogen (secondary N) is 1. The van der Waals surface area contributed by atoms with Crippen molar-refractivity contribution in [2.75, 3.05) is 99.5 Å². The lowest BCUT2D eigenvalue weighted by Crippen LogP contribution is -2.17. The molecular weight excluding hydrogens is 309 g/mol. The van der Waals surface area contributed by atoms with E-state index in [1.54, 1.807) is 0 Å². The molecule has 0 aromatic heterocycles. The molecule has 0 saturated heterocycles. The molecule has 0 aromatic carbocycles. The molecule has 0 spiro atoms. The van der Waals surface area contributed by atoms with Crippen molar-refractivity contribution in [2.24, 2.45) is 0 Å². The Morgan fingerprint density at radius 3 is 1.13 bits per heavy atom. The van der Waals surface area contributed by atoms with E-state index in [-0.39, 0.29) is 6.61 Å². The summed E-state index contributed by atoms with van der Waals surface area (Å²) in [6, 6.07) is 0. The van der Waals surface area contributed by atoms with Crippen molar-refractivity contribution in [3.05, 3.63) is 0 Å². The fourth-order valence-electron chi connectivity index (χ4n) is 1.43. The van der Waals surface area contributed by atoms with Gasteiger partial charge in [0.1, 0.15) is 6.67 Å². The van der Waals surface area contributed by atoms with E-state index >= 15 is 0 Å². The number of rotatable bonds is 20. The van der Waals surface area contributed by atoms with Crippen LogP contribution in [-0.2, 0) is 28.4 Å². The molecule has 23 heavy (non-hydrogen) atoms. The minimum Gasteiger partial charge on any atom is -0.378 e. The van der Waals surface area contributed by atoms with E-state index in [1.807, 2.05) is 7.05 Å². The van der Waals surface area contributed by atoms with Crippen LogP contribution in [-0.4, -0.2) is 99.5 Å². The van der Waals surface area contributed by atoms with Gasteiger partial charge < -0.3 is 33.7 Å². The minimum atomic E-state index is -0.460. The summed E-state index contributed by atoms with van der Waals surface area (Å²) in [5.41, 5.74) is 0. The molecule has 7 nitrogen and oxygen atoms in total. The third-order valence-electron chi connectivity index (χ3n) is 2.58. The van der Waals surface area contributed by atoms with E-state index in [0.717, 1.165) is 6.54 Å². The maximum atomic E-state index is 11.7. The number of ether oxygens (including phenoxy) is 6. The Kier molecular flexibility index (Phi) is 21.3. The average molecular weight is 341 g/mol. The summed E-state index contributed by atoms with van der Waals surface area (Å²) in [4.78, 5) is 0.